The largest absolute Gasteiger partial charge is 0.444 e. The molecule has 1 aromatic heterocycles. The van der Waals surface area contributed by atoms with E-state index in [-0.39, 0.29) is 10.6 Å². The summed E-state index contributed by atoms with van der Waals surface area (Å²) in [6.45, 7) is 9.17. The van der Waals surface area contributed by atoms with E-state index >= 15 is 0 Å². The first-order valence-corrected chi connectivity index (χ1v) is 10.3. The SMILES string of the molecule is CC1CCN(c2cc(NC(=O)OC(C)(C)C)c(S(C)(=O)=O)cn2)CC1. The Bertz CT molecular complexity index is 733. The highest BCUT2D eigenvalue weighted by molar-refractivity contribution is 7.90. The summed E-state index contributed by atoms with van der Waals surface area (Å²) in [5.74, 6) is 1.33. The molecule has 1 fully saturated rings. The van der Waals surface area contributed by atoms with E-state index in [2.05, 4.69) is 22.1 Å². The van der Waals surface area contributed by atoms with E-state index in [0.29, 0.717) is 11.7 Å². The van der Waals surface area contributed by atoms with Gasteiger partial charge in [0.2, 0.25) is 0 Å². The number of hydrogen-bond donors (Lipinski definition) is 1. The summed E-state index contributed by atoms with van der Waals surface area (Å²) in [5.41, 5.74) is -0.478. The predicted molar refractivity (Wildman–Crippen MR) is 97.8 cm³/mol. The van der Waals surface area contributed by atoms with Crippen molar-refractivity contribution in [1.82, 2.24) is 4.98 Å². The number of nitrogens with one attached hydrogen (secondary N) is 1. The second kappa shape index (κ2) is 7.19. The Labute approximate surface area is 149 Å². The molecular weight excluding hydrogens is 342 g/mol. The molecule has 0 bridgehead atoms. The Morgan fingerprint density at radius 2 is 1.92 bits per heavy atom. The number of hydrogen-bond acceptors (Lipinski definition) is 6. The molecule has 1 saturated heterocycles. The number of pyridine rings is 1. The first-order valence-electron chi connectivity index (χ1n) is 8.41. The minimum absolute atomic E-state index is 0.0208. The standard InChI is InChI=1S/C17H27N3O4S/c1-12-6-8-20(9-7-12)15-10-13(14(11-18-15)25(5,22)23)19-16(21)24-17(2,3)4/h10-12H,6-9H2,1-5H3,(H,18,19,21). The van der Waals surface area contributed by atoms with Crippen LogP contribution in [-0.4, -0.2) is 44.4 Å². The fraction of sp³-hybridized carbons (Fsp3) is 0.647. The molecule has 0 saturated carbocycles. The van der Waals surface area contributed by atoms with Crippen LogP contribution in [0.25, 0.3) is 0 Å². The van der Waals surface area contributed by atoms with E-state index in [9.17, 15) is 13.2 Å². The van der Waals surface area contributed by atoms with Crippen molar-refractivity contribution in [2.24, 2.45) is 5.92 Å². The minimum Gasteiger partial charge on any atom is -0.444 e. The topological polar surface area (TPSA) is 88.6 Å². The van der Waals surface area contributed by atoms with E-state index in [1.54, 1.807) is 26.8 Å². The zero-order valence-corrected chi connectivity index (χ0v) is 16.3. The fourth-order valence-corrected chi connectivity index (χ4v) is 3.40. The molecule has 1 amide bonds. The molecule has 8 heteroatoms. The van der Waals surface area contributed by atoms with Crippen molar-refractivity contribution in [2.45, 2.75) is 51.0 Å². The van der Waals surface area contributed by atoms with Crippen LogP contribution in [0.3, 0.4) is 0 Å². The Morgan fingerprint density at radius 1 is 1.32 bits per heavy atom. The normalized spacial score (nSPS) is 16.6. The number of sulfone groups is 1. The third-order valence-electron chi connectivity index (χ3n) is 4.00. The van der Waals surface area contributed by atoms with Crippen LogP contribution in [0.1, 0.15) is 40.5 Å². The van der Waals surface area contributed by atoms with Gasteiger partial charge in [-0.1, -0.05) is 6.92 Å². The molecule has 25 heavy (non-hydrogen) atoms. The number of amides is 1. The lowest BCUT2D eigenvalue weighted by atomic mass is 9.99. The summed E-state index contributed by atoms with van der Waals surface area (Å²) < 4.78 is 29.2. The number of ether oxygens (including phenoxy) is 1. The molecular formula is C17H27N3O4S. The van der Waals surface area contributed by atoms with Crippen molar-refractivity contribution in [3.63, 3.8) is 0 Å². The van der Waals surface area contributed by atoms with Crippen molar-refractivity contribution in [3.05, 3.63) is 12.3 Å². The van der Waals surface area contributed by atoms with Gasteiger partial charge in [0.1, 0.15) is 16.3 Å². The summed E-state index contributed by atoms with van der Waals surface area (Å²) in [5, 5.41) is 2.55. The molecule has 1 N–H and O–H groups in total. The summed E-state index contributed by atoms with van der Waals surface area (Å²) in [7, 11) is -3.53. The quantitative estimate of drug-likeness (QED) is 0.881. The molecule has 0 unspecified atom stereocenters. The van der Waals surface area contributed by atoms with Gasteiger partial charge in [-0.3, -0.25) is 5.32 Å². The summed E-state index contributed by atoms with van der Waals surface area (Å²) in [6, 6.07) is 1.61. The smallest absolute Gasteiger partial charge is 0.412 e. The van der Waals surface area contributed by atoms with Gasteiger partial charge in [0.15, 0.2) is 9.84 Å². The van der Waals surface area contributed by atoms with Crippen LogP contribution in [0.15, 0.2) is 17.2 Å². The van der Waals surface area contributed by atoms with Crippen LogP contribution in [0.5, 0.6) is 0 Å². The zero-order valence-electron chi connectivity index (χ0n) is 15.5. The zero-order chi connectivity index (χ0) is 18.8. The third kappa shape index (κ3) is 5.59. The second-order valence-electron chi connectivity index (χ2n) is 7.61. The summed E-state index contributed by atoms with van der Waals surface area (Å²) in [4.78, 5) is 18.4. The van der Waals surface area contributed by atoms with Gasteiger partial charge in [-0.15, -0.1) is 0 Å². The molecule has 0 radical (unpaired) electrons. The second-order valence-corrected chi connectivity index (χ2v) is 9.59. The summed E-state index contributed by atoms with van der Waals surface area (Å²) >= 11 is 0. The number of rotatable bonds is 3. The van der Waals surface area contributed by atoms with Gasteiger partial charge in [0, 0.05) is 25.4 Å². The van der Waals surface area contributed by atoms with Crippen LogP contribution in [0.2, 0.25) is 0 Å². The molecule has 0 aromatic carbocycles. The first-order chi connectivity index (χ1) is 11.5. The summed E-state index contributed by atoms with van der Waals surface area (Å²) in [6.07, 6.45) is 3.82. The number of carbonyl (C=O) groups excluding carboxylic acids is 1. The van der Waals surface area contributed by atoms with Gasteiger partial charge < -0.3 is 9.64 Å². The van der Waals surface area contributed by atoms with Crippen LogP contribution in [-0.2, 0) is 14.6 Å². The van der Waals surface area contributed by atoms with Crippen molar-refractivity contribution in [2.75, 3.05) is 29.6 Å². The molecule has 0 aliphatic carbocycles. The van der Waals surface area contributed by atoms with Crippen LogP contribution < -0.4 is 10.2 Å². The number of piperidine rings is 1. The molecule has 2 heterocycles. The lowest BCUT2D eigenvalue weighted by Gasteiger charge is -2.31. The Kier molecular flexibility index (Phi) is 5.61. The maximum Gasteiger partial charge on any atom is 0.412 e. The Balaban J connectivity index is 2.30. The van der Waals surface area contributed by atoms with Gasteiger partial charge in [0.25, 0.3) is 0 Å². The lowest BCUT2D eigenvalue weighted by Crippen LogP contribution is -2.33. The molecule has 1 aromatic rings. The van der Waals surface area contributed by atoms with E-state index in [4.69, 9.17) is 4.74 Å². The average molecular weight is 369 g/mol. The van der Waals surface area contributed by atoms with Gasteiger partial charge in [-0.2, -0.15) is 0 Å². The van der Waals surface area contributed by atoms with Gasteiger partial charge in [-0.05, 0) is 39.5 Å². The molecule has 2 rings (SSSR count). The van der Waals surface area contributed by atoms with E-state index in [0.717, 1.165) is 32.2 Å². The van der Waals surface area contributed by atoms with Crippen molar-refractivity contribution in [3.8, 4) is 0 Å². The van der Waals surface area contributed by atoms with Crippen molar-refractivity contribution >= 4 is 27.4 Å². The van der Waals surface area contributed by atoms with Crippen molar-refractivity contribution < 1.29 is 17.9 Å². The van der Waals surface area contributed by atoms with Crippen LogP contribution >= 0.6 is 0 Å². The Morgan fingerprint density at radius 3 is 2.44 bits per heavy atom. The lowest BCUT2D eigenvalue weighted by molar-refractivity contribution is 0.0635. The number of anilines is 2. The highest BCUT2D eigenvalue weighted by Gasteiger charge is 2.23. The highest BCUT2D eigenvalue weighted by Crippen LogP contribution is 2.28. The minimum atomic E-state index is -3.53. The average Bonchev–Trinajstić information content (AvgIpc) is 2.44. The first kappa shape index (κ1) is 19.5. The molecule has 0 spiro atoms. The van der Waals surface area contributed by atoms with E-state index in [1.807, 2.05) is 0 Å². The monoisotopic (exact) mass is 369 g/mol. The molecule has 7 nitrogen and oxygen atoms in total. The van der Waals surface area contributed by atoms with Gasteiger partial charge >= 0.3 is 6.09 Å². The fourth-order valence-electron chi connectivity index (χ4n) is 2.65. The molecule has 1 aliphatic rings. The molecule has 140 valence electrons. The van der Waals surface area contributed by atoms with E-state index < -0.39 is 21.5 Å². The van der Waals surface area contributed by atoms with Crippen molar-refractivity contribution in [1.29, 1.82) is 0 Å². The van der Waals surface area contributed by atoms with E-state index in [1.165, 1.54) is 6.20 Å². The van der Waals surface area contributed by atoms with Crippen LogP contribution in [0, 0.1) is 5.92 Å². The number of carbonyl (C=O) groups is 1. The molecule has 0 atom stereocenters. The predicted octanol–water partition coefficient (Wildman–Crippen LogP) is 3.07. The van der Waals surface area contributed by atoms with Gasteiger partial charge in [0.05, 0.1) is 11.9 Å². The highest BCUT2D eigenvalue weighted by atomic mass is 32.2. The number of nitrogens with zero attached hydrogens (tertiary/aromatic N) is 2. The van der Waals surface area contributed by atoms with Gasteiger partial charge in [-0.25, -0.2) is 18.2 Å². The third-order valence-corrected chi connectivity index (χ3v) is 5.12. The maximum atomic E-state index is 12.1. The van der Waals surface area contributed by atoms with Crippen LogP contribution in [0.4, 0.5) is 16.3 Å². The number of aromatic nitrogens is 1. The maximum absolute atomic E-state index is 12.1. The molecule has 1 aliphatic heterocycles. The Hall–Kier alpha value is -1.83.